The first-order chi connectivity index (χ1) is 4.97. The molecule has 1 rings (SSSR count). The van der Waals surface area contributed by atoms with E-state index in [1.807, 2.05) is 0 Å². The van der Waals surface area contributed by atoms with Crippen molar-refractivity contribution >= 4 is 21.5 Å². The van der Waals surface area contributed by atoms with Gasteiger partial charge in [-0.2, -0.15) is 8.42 Å². The standard InChI is InChI=1S/C5H7NO3S2/c1-4-6-5(2-10-4)3-11(7,8)9/h2H,3H2,1H3,(H,7,8,9). The Kier molecular flexibility index (Phi) is 2.26. The molecule has 6 heteroatoms. The van der Waals surface area contributed by atoms with Crippen molar-refractivity contribution in [1.29, 1.82) is 0 Å². The van der Waals surface area contributed by atoms with Gasteiger partial charge in [0.1, 0.15) is 5.75 Å². The van der Waals surface area contributed by atoms with Gasteiger partial charge in [0.15, 0.2) is 0 Å². The van der Waals surface area contributed by atoms with Crippen LogP contribution in [0, 0.1) is 6.92 Å². The number of aryl methyl sites for hydroxylation is 1. The summed E-state index contributed by atoms with van der Waals surface area (Å²) in [7, 11) is -3.92. The molecule has 0 spiro atoms. The maximum atomic E-state index is 10.3. The van der Waals surface area contributed by atoms with Gasteiger partial charge in [-0.1, -0.05) is 0 Å². The number of aromatic nitrogens is 1. The highest BCUT2D eigenvalue weighted by molar-refractivity contribution is 7.85. The van der Waals surface area contributed by atoms with Crippen LogP contribution in [0.25, 0.3) is 0 Å². The van der Waals surface area contributed by atoms with Gasteiger partial charge in [0.2, 0.25) is 0 Å². The van der Waals surface area contributed by atoms with E-state index in [0.29, 0.717) is 5.69 Å². The first-order valence-electron chi connectivity index (χ1n) is 2.83. The summed E-state index contributed by atoms with van der Waals surface area (Å²) in [6.45, 7) is 1.78. The van der Waals surface area contributed by atoms with E-state index in [-0.39, 0.29) is 0 Å². The molecule has 0 aliphatic heterocycles. The Balaban J connectivity index is 2.81. The lowest BCUT2D eigenvalue weighted by atomic mass is 10.6. The van der Waals surface area contributed by atoms with Crippen molar-refractivity contribution in [2.24, 2.45) is 0 Å². The second-order valence-electron chi connectivity index (χ2n) is 2.08. The smallest absolute Gasteiger partial charge is 0.270 e. The highest BCUT2D eigenvalue weighted by atomic mass is 32.2. The maximum absolute atomic E-state index is 10.3. The van der Waals surface area contributed by atoms with E-state index in [0.717, 1.165) is 5.01 Å². The molecule has 1 N–H and O–H groups in total. The molecule has 0 bridgehead atoms. The topological polar surface area (TPSA) is 67.3 Å². The van der Waals surface area contributed by atoms with Crippen molar-refractivity contribution in [3.8, 4) is 0 Å². The normalized spacial score (nSPS) is 11.8. The Bertz CT molecular complexity index is 340. The van der Waals surface area contributed by atoms with Gasteiger partial charge in [0, 0.05) is 5.38 Å². The minimum absolute atomic E-state index is 0.392. The lowest BCUT2D eigenvalue weighted by molar-refractivity contribution is 0.481. The average molecular weight is 193 g/mol. The summed E-state index contributed by atoms with van der Waals surface area (Å²) in [6.07, 6.45) is 0. The molecule has 0 radical (unpaired) electrons. The first-order valence-corrected chi connectivity index (χ1v) is 5.32. The Morgan fingerprint density at radius 1 is 1.73 bits per heavy atom. The summed E-state index contributed by atoms with van der Waals surface area (Å²) in [5, 5.41) is 2.41. The van der Waals surface area contributed by atoms with E-state index in [1.54, 1.807) is 12.3 Å². The predicted molar refractivity (Wildman–Crippen MR) is 42.1 cm³/mol. The molecular weight excluding hydrogens is 186 g/mol. The molecular formula is C5H7NO3S2. The molecule has 0 aliphatic rings. The van der Waals surface area contributed by atoms with E-state index in [1.165, 1.54) is 11.3 Å². The van der Waals surface area contributed by atoms with Gasteiger partial charge in [-0.25, -0.2) is 4.98 Å². The zero-order chi connectivity index (χ0) is 8.48. The molecule has 0 unspecified atom stereocenters. The van der Waals surface area contributed by atoms with Gasteiger partial charge in [-0.05, 0) is 6.92 Å². The Labute approximate surface area is 68.6 Å². The molecule has 0 fully saturated rings. The van der Waals surface area contributed by atoms with Gasteiger partial charge in [0.25, 0.3) is 10.1 Å². The van der Waals surface area contributed by atoms with E-state index >= 15 is 0 Å². The third kappa shape index (κ3) is 2.96. The van der Waals surface area contributed by atoms with Crippen molar-refractivity contribution < 1.29 is 13.0 Å². The number of hydrogen-bond donors (Lipinski definition) is 1. The summed E-state index contributed by atoms with van der Waals surface area (Å²) >= 11 is 1.36. The lowest BCUT2D eigenvalue weighted by Crippen LogP contribution is -2.01. The minimum atomic E-state index is -3.92. The molecule has 0 atom stereocenters. The van der Waals surface area contributed by atoms with E-state index in [4.69, 9.17) is 4.55 Å². The highest BCUT2D eigenvalue weighted by Gasteiger charge is 2.08. The quantitative estimate of drug-likeness (QED) is 0.707. The van der Waals surface area contributed by atoms with E-state index in [2.05, 4.69) is 4.98 Å². The Morgan fingerprint density at radius 3 is 2.73 bits per heavy atom. The third-order valence-electron chi connectivity index (χ3n) is 0.997. The van der Waals surface area contributed by atoms with Crippen LogP contribution < -0.4 is 0 Å². The van der Waals surface area contributed by atoms with Crippen molar-refractivity contribution in [2.45, 2.75) is 12.7 Å². The van der Waals surface area contributed by atoms with Crippen molar-refractivity contribution in [1.82, 2.24) is 4.98 Å². The lowest BCUT2D eigenvalue weighted by Gasteiger charge is -1.89. The fourth-order valence-corrected chi connectivity index (χ4v) is 1.90. The van der Waals surface area contributed by atoms with Crippen LogP contribution >= 0.6 is 11.3 Å². The van der Waals surface area contributed by atoms with Gasteiger partial charge in [-0.3, -0.25) is 4.55 Å². The fourth-order valence-electron chi connectivity index (χ4n) is 0.661. The monoisotopic (exact) mass is 193 g/mol. The molecule has 1 heterocycles. The molecule has 1 aromatic rings. The molecule has 1 aromatic heterocycles. The van der Waals surface area contributed by atoms with Crippen LogP contribution in [0.15, 0.2) is 5.38 Å². The average Bonchev–Trinajstić information content (AvgIpc) is 2.10. The van der Waals surface area contributed by atoms with Gasteiger partial charge < -0.3 is 0 Å². The largest absolute Gasteiger partial charge is 0.285 e. The van der Waals surface area contributed by atoms with Crippen LogP contribution in [0.5, 0.6) is 0 Å². The number of nitrogens with zero attached hydrogens (tertiary/aromatic N) is 1. The molecule has 62 valence electrons. The predicted octanol–water partition coefficient (Wildman–Crippen LogP) is 0.839. The summed E-state index contributed by atoms with van der Waals surface area (Å²) in [5.41, 5.74) is 0.398. The first kappa shape index (κ1) is 8.63. The molecule has 0 aliphatic carbocycles. The van der Waals surface area contributed by atoms with Crippen LogP contribution in [0.2, 0.25) is 0 Å². The molecule has 0 aromatic carbocycles. The minimum Gasteiger partial charge on any atom is -0.285 e. The molecule has 11 heavy (non-hydrogen) atoms. The third-order valence-corrected chi connectivity index (χ3v) is 2.48. The Morgan fingerprint density at radius 2 is 2.36 bits per heavy atom. The number of hydrogen-bond acceptors (Lipinski definition) is 4. The van der Waals surface area contributed by atoms with Crippen LogP contribution in [-0.4, -0.2) is 18.0 Å². The summed E-state index contributed by atoms with van der Waals surface area (Å²) in [4.78, 5) is 3.88. The fraction of sp³-hybridized carbons (Fsp3) is 0.400. The molecule has 0 amide bonds. The summed E-state index contributed by atoms with van der Waals surface area (Å²) < 4.78 is 29.1. The Hall–Kier alpha value is -0.460. The molecule has 4 nitrogen and oxygen atoms in total. The summed E-state index contributed by atoms with van der Waals surface area (Å²) in [5.74, 6) is -0.392. The second-order valence-corrected chi connectivity index (χ2v) is 4.60. The van der Waals surface area contributed by atoms with Crippen LogP contribution in [-0.2, 0) is 15.9 Å². The number of rotatable bonds is 2. The highest BCUT2D eigenvalue weighted by Crippen LogP contribution is 2.09. The number of thiazole rings is 1. The second kappa shape index (κ2) is 2.88. The zero-order valence-corrected chi connectivity index (χ0v) is 7.44. The summed E-state index contributed by atoms with van der Waals surface area (Å²) in [6, 6.07) is 0. The van der Waals surface area contributed by atoms with Gasteiger partial charge in [0.05, 0.1) is 10.7 Å². The van der Waals surface area contributed by atoms with Gasteiger partial charge in [-0.15, -0.1) is 11.3 Å². The SMILES string of the molecule is Cc1nc(CS(=O)(=O)O)cs1. The van der Waals surface area contributed by atoms with Crippen LogP contribution in [0.3, 0.4) is 0 Å². The van der Waals surface area contributed by atoms with Crippen LogP contribution in [0.1, 0.15) is 10.7 Å². The molecule has 0 saturated carbocycles. The molecule has 0 saturated heterocycles. The van der Waals surface area contributed by atoms with E-state index < -0.39 is 15.9 Å². The van der Waals surface area contributed by atoms with Gasteiger partial charge >= 0.3 is 0 Å². The van der Waals surface area contributed by atoms with Crippen LogP contribution in [0.4, 0.5) is 0 Å². The zero-order valence-electron chi connectivity index (χ0n) is 5.81. The van der Waals surface area contributed by atoms with Crippen molar-refractivity contribution in [2.75, 3.05) is 0 Å². The van der Waals surface area contributed by atoms with Crippen molar-refractivity contribution in [3.63, 3.8) is 0 Å². The van der Waals surface area contributed by atoms with E-state index in [9.17, 15) is 8.42 Å². The van der Waals surface area contributed by atoms with Crippen molar-refractivity contribution in [3.05, 3.63) is 16.1 Å². The maximum Gasteiger partial charge on any atom is 0.270 e.